The predicted molar refractivity (Wildman–Crippen MR) is 86.8 cm³/mol. The molecular weight excluding hydrogens is 312 g/mol. The standard InChI is InChI=1S/C17H18N2O5/c1-11-5-6-12(16(21)18-8-7-15(20)23-2)10-13(11)19-17(22)14-4-3-9-24-14/h3-6,9-10H,7-8H2,1-2H3,(H,18,21)(H,19,22). The highest BCUT2D eigenvalue weighted by atomic mass is 16.5. The Morgan fingerprint density at radius 1 is 1.17 bits per heavy atom. The molecule has 2 rings (SSSR count). The van der Waals surface area contributed by atoms with E-state index in [9.17, 15) is 14.4 Å². The molecule has 0 unspecified atom stereocenters. The fourth-order valence-electron chi connectivity index (χ4n) is 1.97. The Morgan fingerprint density at radius 3 is 2.62 bits per heavy atom. The van der Waals surface area contributed by atoms with E-state index < -0.39 is 11.9 Å². The Morgan fingerprint density at radius 2 is 1.96 bits per heavy atom. The number of amides is 2. The van der Waals surface area contributed by atoms with Crippen LogP contribution in [0.5, 0.6) is 0 Å². The molecule has 0 saturated heterocycles. The van der Waals surface area contributed by atoms with Crippen LogP contribution < -0.4 is 10.6 Å². The number of ether oxygens (including phenoxy) is 1. The summed E-state index contributed by atoms with van der Waals surface area (Å²) in [6.07, 6.45) is 1.50. The van der Waals surface area contributed by atoms with Gasteiger partial charge in [-0.2, -0.15) is 0 Å². The maximum Gasteiger partial charge on any atom is 0.307 e. The number of benzene rings is 1. The molecule has 0 aliphatic carbocycles. The Kier molecular flexibility index (Phi) is 5.73. The fourth-order valence-corrected chi connectivity index (χ4v) is 1.97. The van der Waals surface area contributed by atoms with E-state index in [1.54, 1.807) is 30.3 Å². The van der Waals surface area contributed by atoms with Crippen molar-refractivity contribution in [3.63, 3.8) is 0 Å². The van der Waals surface area contributed by atoms with Gasteiger partial charge in [0.2, 0.25) is 0 Å². The van der Waals surface area contributed by atoms with Crippen molar-refractivity contribution in [1.82, 2.24) is 5.32 Å². The van der Waals surface area contributed by atoms with Gasteiger partial charge in [0.25, 0.3) is 11.8 Å². The molecule has 1 aromatic carbocycles. The van der Waals surface area contributed by atoms with Crippen LogP contribution in [0.4, 0.5) is 5.69 Å². The summed E-state index contributed by atoms with van der Waals surface area (Å²) in [6, 6.07) is 8.11. The van der Waals surface area contributed by atoms with E-state index in [0.29, 0.717) is 11.3 Å². The molecule has 24 heavy (non-hydrogen) atoms. The van der Waals surface area contributed by atoms with Crippen molar-refractivity contribution in [1.29, 1.82) is 0 Å². The second-order valence-corrected chi connectivity index (χ2v) is 5.04. The number of nitrogens with one attached hydrogen (secondary N) is 2. The summed E-state index contributed by atoms with van der Waals surface area (Å²) in [5.41, 5.74) is 1.69. The Hall–Kier alpha value is -3.09. The number of anilines is 1. The van der Waals surface area contributed by atoms with Crippen molar-refractivity contribution in [2.24, 2.45) is 0 Å². The largest absolute Gasteiger partial charge is 0.469 e. The van der Waals surface area contributed by atoms with Crippen molar-refractivity contribution >= 4 is 23.5 Å². The zero-order chi connectivity index (χ0) is 17.5. The topological polar surface area (TPSA) is 97.6 Å². The molecule has 0 saturated carbocycles. The van der Waals surface area contributed by atoms with Crippen LogP contribution in [0.25, 0.3) is 0 Å². The lowest BCUT2D eigenvalue weighted by molar-refractivity contribution is -0.140. The molecule has 0 aliphatic heterocycles. The van der Waals surface area contributed by atoms with Crippen molar-refractivity contribution < 1.29 is 23.5 Å². The quantitative estimate of drug-likeness (QED) is 0.791. The minimum atomic E-state index is -0.398. The van der Waals surface area contributed by atoms with E-state index in [4.69, 9.17) is 4.42 Å². The molecule has 7 heteroatoms. The molecule has 1 heterocycles. The molecule has 0 atom stereocenters. The minimum Gasteiger partial charge on any atom is -0.469 e. The lowest BCUT2D eigenvalue weighted by atomic mass is 10.1. The number of carbonyl (C=O) groups is 3. The molecule has 0 radical (unpaired) electrons. The average Bonchev–Trinajstić information content (AvgIpc) is 3.11. The van der Waals surface area contributed by atoms with Crippen LogP contribution in [0.1, 0.15) is 32.9 Å². The number of rotatable bonds is 6. The van der Waals surface area contributed by atoms with E-state index in [0.717, 1.165) is 5.56 Å². The predicted octanol–water partition coefficient (Wildman–Crippen LogP) is 2.13. The molecule has 2 N–H and O–H groups in total. The Bertz CT molecular complexity index is 737. The van der Waals surface area contributed by atoms with Crippen LogP contribution in [0.3, 0.4) is 0 Å². The number of methoxy groups -OCH3 is 1. The third-order valence-corrected chi connectivity index (χ3v) is 3.34. The molecular formula is C17H18N2O5. The summed E-state index contributed by atoms with van der Waals surface area (Å²) in [7, 11) is 1.29. The number of aryl methyl sites for hydroxylation is 1. The van der Waals surface area contributed by atoms with Crippen molar-refractivity contribution in [2.45, 2.75) is 13.3 Å². The van der Waals surface area contributed by atoms with Gasteiger partial charge in [0, 0.05) is 17.8 Å². The highest BCUT2D eigenvalue weighted by molar-refractivity contribution is 6.03. The van der Waals surface area contributed by atoms with Crippen molar-refractivity contribution in [3.8, 4) is 0 Å². The second kappa shape index (κ2) is 7.96. The number of hydrogen-bond donors (Lipinski definition) is 2. The van der Waals surface area contributed by atoms with Crippen LogP contribution >= 0.6 is 0 Å². The number of esters is 1. The van der Waals surface area contributed by atoms with Gasteiger partial charge in [-0.25, -0.2) is 0 Å². The van der Waals surface area contributed by atoms with Crippen LogP contribution in [0.2, 0.25) is 0 Å². The van der Waals surface area contributed by atoms with E-state index >= 15 is 0 Å². The van der Waals surface area contributed by atoms with Gasteiger partial charge < -0.3 is 19.8 Å². The Balaban J connectivity index is 2.03. The normalized spacial score (nSPS) is 10.1. The monoisotopic (exact) mass is 330 g/mol. The second-order valence-electron chi connectivity index (χ2n) is 5.04. The van der Waals surface area contributed by atoms with Crippen molar-refractivity contribution in [2.75, 3.05) is 19.0 Å². The third kappa shape index (κ3) is 4.45. The van der Waals surface area contributed by atoms with Crippen molar-refractivity contribution in [3.05, 3.63) is 53.5 Å². The van der Waals surface area contributed by atoms with E-state index in [-0.39, 0.29) is 24.6 Å². The van der Waals surface area contributed by atoms with Gasteiger partial charge in [-0.3, -0.25) is 14.4 Å². The molecule has 0 fully saturated rings. The molecule has 0 bridgehead atoms. The van der Waals surface area contributed by atoms with Crippen LogP contribution in [-0.2, 0) is 9.53 Å². The minimum absolute atomic E-state index is 0.0934. The fraction of sp³-hybridized carbons (Fsp3) is 0.235. The van der Waals surface area contributed by atoms with Crippen LogP contribution in [0, 0.1) is 6.92 Å². The molecule has 1 aromatic heterocycles. The average molecular weight is 330 g/mol. The zero-order valence-electron chi connectivity index (χ0n) is 13.4. The molecule has 0 aliphatic rings. The smallest absolute Gasteiger partial charge is 0.307 e. The summed E-state index contributed by atoms with van der Waals surface area (Å²) in [4.78, 5) is 35.2. The van der Waals surface area contributed by atoms with Crippen LogP contribution in [-0.4, -0.2) is 31.4 Å². The van der Waals surface area contributed by atoms with Gasteiger partial charge in [0.05, 0.1) is 19.8 Å². The van der Waals surface area contributed by atoms with Gasteiger partial charge >= 0.3 is 5.97 Å². The molecule has 2 amide bonds. The van der Waals surface area contributed by atoms with E-state index in [1.807, 2.05) is 6.92 Å². The van der Waals surface area contributed by atoms with Gasteiger partial charge in [0.15, 0.2) is 5.76 Å². The SMILES string of the molecule is COC(=O)CCNC(=O)c1ccc(C)c(NC(=O)c2ccco2)c1. The van der Waals surface area contributed by atoms with E-state index in [2.05, 4.69) is 15.4 Å². The lowest BCUT2D eigenvalue weighted by Gasteiger charge is -2.10. The number of hydrogen-bond acceptors (Lipinski definition) is 5. The first kappa shape index (κ1) is 17.3. The molecule has 126 valence electrons. The maximum absolute atomic E-state index is 12.1. The van der Waals surface area contributed by atoms with Crippen LogP contribution in [0.15, 0.2) is 41.0 Å². The van der Waals surface area contributed by atoms with Gasteiger partial charge in [-0.05, 0) is 36.8 Å². The zero-order valence-corrected chi connectivity index (χ0v) is 13.4. The number of carbonyl (C=O) groups excluding carboxylic acids is 3. The van der Waals surface area contributed by atoms with Gasteiger partial charge in [-0.1, -0.05) is 6.07 Å². The summed E-state index contributed by atoms with van der Waals surface area (Å²) in [6.45, 7) is 1.99. The molecule has 0 spiro atoms. The summed E-state index contributed by atoms with van der Waals surface area (Å²) in [5, 5.41) is 5.33. The number of furan rings is 1. The highest BCUT2D eigenvalue weighted by Crippen LogP contribution is 2.18. The lowest BCUT2D eigenvalue weighted by Crippen LogP contribution is -2.26. The van der Waals surface area contributed by atoms with Gasteiger partial charge in [-0.15, -0.1) is 0 Å². The maximum atomic E-state index is 12.1. The first-order valence-corrected chi connectivity index (χ1v) is 7.32. The Labute approximate surface area is 139 Å². The first-order chi connectivity index (χ1) is 11.5. The summed E-state index contributed by atoms with van der Waals surface area (Å²) < 4.78 is 9.54. The third-order valence-electron chi connectivity index (χ3n) is 3.34. The van der Waals surface area contributed by atoms with E-state index in [1.165, 1.54) is 13.4 Å². The molecule has 2 aromatic rings. The summed E-state index contributed by atoms with van der Waals surface area (Å²) in [5.74, 6) is -0.952. The van der Waals surface area contributed by atoms with Gasteiger partial charge in [0.1, 0.15) is 0 Å². The highest BCUT2D eigenvalue weighted by Gasteiger charge is 2.13. The first-order valence-electron chi connectivity index (χ1n) is 7.32. The molecule has 7 nitrogen and oxygen atoms in total. The summed E-state index contributed by atoms with van der Waals surface area (Å²) >= 11 is 0.